The fraction of sp³-hybridized carbons (Fsp3) is 0.278. The van der Waals surface area contributed by atoms with Gasteiger partial charge in [0.1, 0.15) is 5.75 Å². The number of rotatable bonds is 7. The summed E-state index contributed by atoms with van der Waals surface area (Å²) in [6.45, 7) is -1.32. The van der Waals surface area contributed by atoms with Crippen molar-refractivity contribution >= 4 is 11.6 Å². The van der Waals surface area contributed by atoms with Gasteiger partial charge >= 0.3 is 6.61 Å². The summed E-state index contributed by atoms with van der Waals surface area (Å²) in [5.74, 6) is 0.832. The van der Waals surface area contributed by atoms with Crippen molar-refractivity contribution in [3.63, 3.8) is 0 Å². The average Bonchev–Trinajstić information content (AvgIpc) is 2.58. The first-order valence-electron chi connectivity index (χ1n) is 7.49. The van der Waals surface area contributed by atoms with Crippen LogP contribution in [-0.2, 0) is 11.2 Å². The Kier molecular flexibility index (Phi) is 6.16. The van der Waals surface area contributed by atoms with Gasteiger partial charge in [0.2, 0.25) is 5.91 Å². The van der Waals surface area contributed by atoms with Gasteiger partial charge in [-0.1, -0.05) is 12.1 Å². The molecule has 25 heavy (non-hydrogen) atoms. The summed E-state index contributed by atoms with van der Waals surface area (Å²) in [4.78, 5) is 12.2. The molecule has 0 saturated carbocycles. The summed E-state index contributed by atoms with van der Waals surface area (Å²) in [6, 6.07) is 9.76. The highest BCUT2D eigenvalue weighted by molar-refractivity contribution is 5.93. The minimum Gasteiger partial charge on any atom is -0.493 e. The van der Waals surface area contributed by atoms with Gasteiger partial charge < -0.3 is 19.5 Å². The van der Waals surface area contributed by atoms with Gasteiger partial charge in [0.15, 0.2) is 11.5 Å². The van der Waals surface area contributed by atoms with Crippen LogP contribution in [0.1, 0.15) is 11.1 Å². The van der Waals surface area contributed by atoms with Crippen LogP contribution in [0.2, 0.25) is 0 Å². The van der Waals surface area contributed by atoms with Crippen LogP contribution in [0.3, 0.4) is 0 Å². The molecule has 0 atom stereocenters. The number of carbonyl (C=O) groups is 1. The summed E-state index contributed by atoms with van der Waals surface area (Å²) in [5, 5.41) is 2.70. The smallest absolute Gasteiger partial charge is 0.387 e. The quantitative estimate of drug-likeness (QED) is 0.824. The molecule has 0 radical (unpaired) electrons. The van der Waals surface area contributed by atoms with Gasteiger partial charge in [-0.3, -0.25) is 4.79 Å². The number of anilines is 1. The van der Waals surface area contributed by atoms with E-state index in [1.807, 2.05) is 0 Å². The molecular formula is C18H19F2NO4. The number of carbonyl (C=O) groups excluding carboxylic acids is 1. The van der Waals surface area contributed by atoms with E-state index in [0.29, 0.717) is 22.7 Å². The van der Waals surface area contributed by atoms with Gasteiger partial charge in [-0.25, -0.2) is 0 Å². The molecule has 0 aliphatic carbocycles. The summed E-state index contributed by atoms with van der Waals surface area (Å²) in [5.41, 5.74) is 1.58. The van der Waals surface area contributed by atoms with Crippen LogP contribution in [-0.4, -0.2) is 26.7 Å². The average molecular weight is 351 g/mol. The summed E-state index contributed by atoms with van der Waals surface area (Å²) in [7, 11) is 3.04. The summed E-state index contributed by atoms with van der Waals surface area (Å²) >= 11 is 0. The molecule has 0 heterocycles. The van der Waals surface area contributed by atoms with Gasteiger partial charge in [0, 0.05) is 11.3 Å². The number of ether oxygens (including phenoxy) is 3. The highest BCUT2D eigenvalue weighted by Gasteiger charge is 2.13. The highest BCUT2D eigenvalue weighted by atomic mass is 19.3. The fourth-order valence-electron chi connectivity index (χ4n) is 2.34. The second-order valence-corrected chi connectivity index (χ2v) is 5.22. The number of halogens is 2. The van der Waals surface area contributed by atoms with Crippen molar-refractivity contribution in [2.24, 2.45) is 0 Å². The molecule has 1 amide bonds. The first-order valence-corrected chi connectivity index (χ1v) is 7.49. The van der Waals surface area contributed by atoms with E-state index in [9.17, 15) is 13.6 Å². The molecule has 0 aliphatic rings. The Bertz CT molecular complexity index is 750. The molecule has 0 aliphatic heterocycles. The van der Waals surface area contributed by atoms with E-state index >= 15 is 0 Å². The maximum absolute atomic E-state index is 12.4. The topological polar surface area (TPSA) is 56.8 Å². The van der Waals surface area contributed by atoms with Gasteiger partial charge in [0.05, 0.1) is 20.6 Å². The molecule has 1 N–H and O–H groups in total. The molecule has 2 rings (SSSR count). The first-order chi connectivity index (χ1) is 11.9. The molecule has 2 aromatic carbocycles. The van der Waals surface area contributed by atoms with Crippen LogP contribution in [0, 0.1) is 6.92 Å². The van der Waals surface area contributed by atoms with Crippen LogP contribution in [0.4, 0.5) is 14.5 Å². The van der Waals surface area contributed by atoms with E-state index in [1.165, 1.54) is 26.4 Å². The van der Waals surface area contributed by atoms with Crippen LogP contribution in [0.5, 0.6) is 17.2 Å². The Morgan fingerprint density at radius 3 is 2.44 bits per heavy atom. The van der Waals surface area contributed by atoms with E-state index in [1.54, 1.807) is 31.2 Å². The molecule has 0 unspecified atom stereocenters. The highest BCUT2D eigenvalue weighted by Crippen LogP contribution is 2.29. The lowest BCUT2D eigenvalue weighted by atomic mass is 10.1. The van der Waals surface area contributed by atoms with Gasteiger partial charge in [-0.15, -0.1) is 0 Å². The molecule has 7 heteroatoms. The lowest BCUT2D eigenvalue weighted by Gasteiger charge is -2.13. The molecule has 0 fully saturated rings. The van der Waals surface area contributed by atoms with E-state index < -0.39 is 6.61 Å². The maximum Gasteiger partial charge on any atom is 0.387 e. The van der Waals surface area contributed by atoms with Crippen molar-refractivity contribution in [2.45, 2.75) is 20.0 Å². The van der Waals surface area contributed by atoms with E-state index in [2.05, 4.69) is 10.1 Å². The van der Waals surface area contributed by atoms with Gasteiger partial charge in [-0.2, -0.15) is 8.78 Å². The molecular weight excluding hydrogens is 332 g/mol. The van der Waals surface area contributed by atoms with Crippen LogP contribution >= 0.6 is 0 Å². The molecule has 2 aromatic rings. The molecule has 0 saturated heterocycles. The third-order valence-electron chi connectivity index (χ3n) is 3.59. The number of alkyl halides is 2. The predicted octanol–water partition coefficient (Wildman–Crippen LogP) is 3.79. The van der Waals surface area contributed by atoms with Crippen molar-refractivity contribution in [2.75, 3.05) is 19.5 Å². The van der Waals surface area contributed by atoms with Crippen LogP contribution < -0.4 is 19.5 Å². The van der Waals surface area contributed by atoms with E-state index in [4.69, 9.17) is 9.47 Å². The molecule has 134 valence electrons. The lowest BCUT2D eigenvalue weighted by molar-refractivity contribution is -0.115. The van der Waals surface area contributed by atoms with E-state index in [0.717, 1.165) is 5.56 Å². The fourth-order valence-corrected chi connectivity index (χ4v) is 2.34. The Labute approximate surface area is 144 Å². The molecule has 5 nitrogen and oxygen atoms in total. The van der Waals surface area contributed by atoms with E-state index in [-0.39, 0.29) is 18.1 Å². The summed E-state index contributed by atoms with van der Waals surface area (Å²) < 4.78 is 39.5. The van der Waals surface area contributed by atoms with Gasteiger partial charge in [-0.05, 0) is 36.8 Å². The van der Waals surface area contributed by atoms with Crippen molar-refractivity contribution in [3.8, 4) is 17.2 Å². The monoisotopic (exact) mass is 351 g/mol. The standard InChI is InChI=1S/C18H19F2NO4/c1-11-13(5-4-6-14(11)25-18(19)20)21-17(22)10-12-7-8-15(23-2)16(9-12)24-3/h4-9,18H,10H2,1-3H3,(H,21,22). The first kappa shape index (κ1) is 18.5. The summed E-state index contributed by atoms with van der Waals surface area (Å²) in [6.07, 6.45) is 0.0970. The number of benzene rings is 2. The minimum atomic E-state index is -2.92. The number of amides is 1. The number of methoxy groups -OCH3 is 2. The Hall–Kier alpha value is -2.83. The number of hydrogen-bond donors (Lipinski definition) is 1. The predicted molar refractivity (Wildman–Crippen MR) is 89.7 cm³/mol. The minimum absolute atomic E-state index is 0.0268. The second-order valence-electron chi connectivity index (χ2n) is 5.22. The van der Waals surface area contributed by atoms with Crippen LogP contribution in [0.15, 0.2) is 36.4 Å². The van der Waals surface area contributed by atoms with Crippen LogP contribution in [0.25, 0.3) is 0 Å². The molecule has 0 spiro atoms. The van der Waals surface area contributed by atoms with Crippen molar-refractivity contribution in [1.82, 2.24) is 0 Å². The lowest BCUT2D eigenvalue weighted by Crippen LogP contribution is -2.15. The zero-order valence-electron chi connectivity index (χ0n) is 14.1. The SMILES string of the molecule is COc1ccc(CC(=O)Nc2cccc(OC(F)F)c2C)cc1OC. The third kappa shape index (κ3) is 4.82. The van der Waals surface area contributed by atoms with Crippen molar-refractivity contribution in [3.05, 3.63) is 47.5 Å². The molecule has 0 aromatic heterocycles. The number of hydrogen-bond acceptors (Lipinski definition) is 4. The van der Waals surface area contributed by atoms with Crippen molar-refractivity contribution < 1.29 is 27.8 Å². The third-order valence-corrected chi connectivity index (χ3v) is 3.59. The Balaban J connectivity index is 2.10. The van der Waals surface area contributed by atoms with Crippen molar-refractivity contribution in [1.29, 1.82) is 0 Å². The normalized spacial score (nSPS) is 10.5. The Morgan fingerprint density at radius 1 is 1.08 bits per heavy atom. The number of nitrogens with one attached hydrogen (secondary N) is 1. The molecule has 0 bridgehead atoms. The van der Waals surface area contributed by atoms with Gasteiger partial charge in [0.25, 0.3) is 0 Å². The second kappa shape index (κ2) is 8.32. The Morgan fingerprint density at radius 2 is 1.80 bits per heavy atom. The largest absolute Gasteiger partial charge is 0.493 e. The maximum atomic E-state index is 12.4. The zero-order valence-corrected chi connectivity index (χ0v) is 14.1. The zero-order chi connectivity index (χ0) is 18.4.